The fourth-order valence-corrected chi connectivity index (χ4v) is 1.77. The van der Waals surface area contributed by atoms with Crippen LogP contribution in [0.2, 0.25) is 0 Å². The molecule has 2 rings (SSSR count). The first kappa shape index (κ1) is 13.3. The number of hydrogen-bond donors (Lipinski definition) is 2. The van der Waals surface area contributed by atoms with Crippen LogP contribution in [0.3, 0.4) is 0 Å². The average molecular weight is 260 g/mol. The highest BCUT2D eigenvalue weighted by atomic mass is 15.5. The molecule has 102 valence electrons. The van der Waals surface area contributed by atoms with Gasteiger partial charge in [-0.15, -0.1) is 5.10 Å². The third-order valence-corrected chi connectivity index (χ3v) is 2.92. The van der Waals surface area contributed by atoms with Crippen molar-refractivity contribution in [1.82, 2.24) is 20.2 Å². The Balaban J connectivity index is 2.28. The maximum Gasteiger partial charge on any atom is 0.184 e. The van der Waals surface area contributed by atoms with Gasteiger partial charge in [0, 0.05) is 23.5 Å². The Hall–Kier alpha value is -2.11. The SMILES string of the molecule is CC(C)(C)CCn1nnnc1-c1ccc(N)cc1N. The molecule has 2 aromatic rings. The number of aryl methyl sites for hydroxylation is 1. The topological polar surface area (TPSA) is 95.6 Å². The fourth-order valence-electron chi connectivity index (χ4n) is 1.77. The zero-order valence-electron chi connectivity index (χ0n) is 11.6. The van der Waals surface area contributed by atoms with Gasteiger partial charge in [0.05, 0.1) is 0 Å². The number of aromatic nitrogens is 4. The maximum atomic E-state index is 5.97. The minimum absolute atomic E-state index is 0.232. The van der Waals surface area contributed by atoms with E-state index in [1.54, 1.807) is 16.8 Å². The molecule has 1 aromatic carbocycles. The minimum atomic E-state index is 0.232. The van der Waals surface area contributed by atoms with E-state index in [-0.39, 0.29) is 5.41 Å². The van der Waals surface area contributed by atoms with Crippen molar-refractivity contribution in [2.75, 3.05) is 11.5 Å². The molecule has 6 heteroatoms. The number of nitrogens with two attached hydrogens (primary N) is 2. The molecule has 0 spiro atoms. The molecular formula is C13H20N6. The number of rotatable bonds is 3. The van der Waals surface area contributed by atoms with E-state index in [2.05, 4.69) is 36.3 Å². The van der Waals surface area contributed by atoms with Crippen LogP contribution >= 0.6 is 0 Å². The molecule has 1 aromatic heterocycles. The second-order valence-corrected chi connectivity index (χ2v) is 5.88. The summed E-state index contributed by atoms with van der Waals surface area (Å²) in [6, 6.07) is 5.37. The molecule has 0 fully saturated rings. The predicted molar refractivity (Wildman–Crippen MR) is 76.1 cm³/mol. The summed E-state index contributed by atoms with van der Waals surface area (Å²) in [5.74, 6) is 0.682. The van der Waals surface area contributed by atoms with E-state index in [0.29, 0.717) is 17.2 Å². The van der Waals surface area contributed by atoms with Gasteiger partial charge in [0.15, 0.2) is 5.82 Å². The van der Waals surface area contributed by atoms with Gasteiger partial charge >= 0.3 is 0 Å². The molecule has 6 nitrogen and oxygen atoms in total. The highest BCUT2D eigenvalue weighted by Crippen LogP contribution is 2.26. The number of nitrogen functional groups attached to an aromatic ring is 2. The third kappa shape index (κ3) is 3.21. The van der Waals surface area contributed by atoms with Gasteiger partial charge in [-0.3, -0.25) is 0 Å². The van der Waals surface area contributed by atoms with E-state index < -0.39 is 0 Å². The van der Waals surface area contributed by atoms with Crippen molar-refractivity contribution in [2.24, 2.45) is 5.41 Å². The molecule has 4 N–H and O–H groups in total. The van der Waals surface area contributed by atoms with E-state index in [0.717, 1.165) is 18.5 Å². The molecule has 1 heterocycles. The largest absolute Gasteiger partial charge is 0.399 e. The number of hydrogen-bond acceptors (Lipinski definition) is 5. The van der Waals surface area contributed by atoms with Gasteiger partial charge < -0.3 is 11.5 Å². The first-order valence-corrected chi connectivity index (χ1v) is 6.28. The Morgan fingerprint density at radius 2 is 1.95 bits per heavy atom. The molecule has 0 amide bonds. The van der Waals surface area contributed by atoms with Crippen LogP contribution in [0.5, 0.6) is 0 Å². The smallest absolute Gasteiger partial charge is 0.184 e. The molecular weight excluding hydrogens is 240 g/mol. The molecule has 0 aliphatic carbocycles. The standard InChI is InChI=1S/C13H20N6/c1-13(2,3)6-7-19-12(16-17-18-19)10-5-4-9(14)8-11(10)15/h4-5,8H,6-7,14-15H2,1-3H3. The van der Waals surface area contributed by atoms with Crippen molar-refractivity contribution in [2.45, 2.75) is 33.7 Å². The lowest BCUT2D eigenvalue weighted by atomic mass is 9.92. The van der Waals surface area contributed by atoms with Gasteiger partial charge in [-0.05, 0) is 40.5 Å². The molecule has 0 aliphatic rings. The Morgan fingerprint density at radius 3 is 2.58 bits per heavy atom. The quantitative estimate of drug-likeness (QED) is 0.822. The van der Waals surface area contributed by atoms with Crippen molar-refractivity contribution in [3.8, 4) is 11.4 Å². The van der Waals surface area contributed by atoms with Crippen LogP contribution in [0.4, 0.5) is 11.4 Å². The lowest BCUT2D eigenvalue weighted by Gasteiger charge is -2.18. The molecule has 0 saturated carbocycles. The summed E-state index contributed by atoms with van der Waals surface area (Å²) in [6.07, 6.45) is 0.986. The van der Waals surface area contributed by atoms with Crippen LogP contribution in [0, 0.1) is 5.41 Å². The fraction of sp³-hybridized carbons (Fsp3) is 0.462. The third-order valence-electron chi connectivity index (χ3n) is 2.92. The van der Waals surface area contributed by atoms with Crippen LogP contribution in [0.15, 0.2) is 18.2 Å². The van der Waals surface area contributed by atoms with Crippen molar-refractivity contribution in [1.29, 1.82) is 0 Å². The summed E-state index contributed by atoms with van der Waals surface area (Å²) in [5.41, 5.74) is 13.9. The summed E-state index contributed by atoms with van der Waals surface area (Å²) >= 11 is 0. The van der Waals surface area contributed by atoms with Gasteiger partial charge in [0.25, 0.3) is 0 Å². The number of anilines is 2. The van der Waals surface area contributed by atoms with E-state index in [9.17, 15) is 0 Å². The van der Waals surface area contributed by atoms with Crippen molar-refractivity contribution < 1.29 is 0 Å². The second-order valence-electron chi connectivity index (χ2n) is 5.88. The maximum absolute atomic E-state index is 5.97. The monoisotopic (exact) mass is 260 g/mol. The zero-order valence-corrected chi connectivity index (χ0v) is 11.6. The van der Waals surface area contributed by atoms with Crippen molar-refractivity contribution in [3.63, 3.8) is 0 Å². The minimum Gasteiger partial charge on any atom is -0.399 e. The predicted octanol–water partition coefficient (Wildman–Crippen LogP) is 1.94. The highest BCUT2D eigenvalue weighted by Gasteiger charge is 2.15. The van der Waals surface area contributed by atoms with Crippen LogP contribution < -0.4 is 11.5 Å². The summed E-state index contributed by atoms with van der Waals surface area (Å²) in [7, 11) is 0. The van der Waals surface area contributed by atoms with Gasteiger partial charge in [0.2, 0.25) is 0 Å². The van der Waals surface area contributed by atoms with Crippen LogP contribution in [-0.4, -0.2) is 20.2 Å². The van der Waals surface area contributed by atoms with Gasteiger partial charge in [-0.25, -0.2) is 4.68 Å². The van der Waals surface area contributed by atoms with Crippen molar-refractivity contribution in [3.05, 3.63) is 18.2 Å². The Kier molecular flexibility index (Phi) is 3.42. The van der Waals surface area contributed by atoms with Gasteiger partial charge in [0.1, 0.15) is 0 Å². The normalized spacial score (nSPS) is 11.7. The lowest BCUT2D eigenvalue weighted by molar-refractivity contribution is 0.340. The zero-order chi connectivity index (χ0) is 14.0. The molecule has 0 radical (unpaired) electrons. The molecule has 0 saturated heterocycles. The van der Waals surface area contributed by atoms with E-state index in [1.165, 1.54) is 0 Å². The van der Waals surface area contributed by atoms with Gasteiger partial charge in [-0.1, -0.05) is 20.8 Å². The van der Waals surface area contributed by atoms with E-state index in [1.807, 2.05) is 6.07 Å². The lowest BCUT2D eigenvalue weighted by Crippen LogP contribution is -2.12. The molecule has 0 bridgehead atoms. The Labute approximate surface area is 112 Å². The molecule has 19 heavy (non-hydrogen) atoms. The number of tetrazole rings is 1. The van der Waals surface area contributed by atoms with Crippen LogP contribution in [0.1, 0.15) is 27.2 Å². The summed E-state index contributed by atoms with van der Waals surface area (Å²) in [5, 5.41) is 11.8. The first-order valence-electron chi connectivity index (χ1n) is 6.28. The number of nitrogens with zero attached hydrogens (tertiary/aromatic N) is 4. The van der Waals surface area contributed by atoms with Crippen molar-refractivity contribution >= 4 is 11.4 Å². The molecule has 0 atom stereocenters. The second kappa shape index (κ2) is 4.87. The average Bonchev–Trinajstić information content (AvgIpc) is 2.73. The summed E-state index contributed by atoms with van der Waals surface area (Å²) in [6.45, 7) is 7.33. The first-order chi connectivity index (χ1) is 8.87. The van der Waals surface area contributed by atoms with Gasteiger partial charge in [-0.2, -0.15) is 0 Å². The van der Waals surface area contributed by atoms with E-state index in [4.69, 9.17) is 11.5 Å². The number of benzene rings is 1. The summed E-state index contributed by atoms with van der Waals surface area (Å²) < 4.78 is 1.78. The van der Waals surface area contributed by atoms with E-state index >= 15 is 0 Å². The molecule has 0 aliphatic heterocycles. The Morgan fingerprint density at radius 1 is 1.21 bits per heavy atom. The highest BCUT2D eigenvalue weighted by molar-refractivity contribution is 5.74. The van der Waals surface area contributed by atoms with Crippen LogP contribution in [0.25, 0.3) is 11.4 Å². The summed E-state index contributed by atoms with van der Waals surface area (Å²) in [4.78, 5) is 0. The molecule has 0 unspecified atom stereocenters. The Bertz CT molecular complexity index is 567. The van der Waals surface area contributed by atoms with Crippen LogP contribution in [-0.2, 0) is 6.54 Å².